The van der Waals surface area contributed by atoms with Crippen molar-refractivity contribution in [3.63, 3.8) is 0 Å². The predicted molar refractivity (Wildman–Crippen MR) is 48.9 cm³/mol. The molecule has 1 aliphatic rings. The van der Waals surface area contributed by atoms with Gasteiger partial charge in [-0.1, -0.05) is 0 Å². The number of anilines is 1. The SMILES string of the molecule is Nc1ccc(O)c2c1C=CN(O)C2. The van der Waals surface area contributed by atoms with Gasteiger partial charge in [-0.15, -0.1) is 0 Å². The smallest absolute Gasteiger partial charge is 0.121 e. The molecule has 2 rings (SSSR count). The molecule has 0 aliphatic carbocycles. The summed E-state index contributed by atoms with van der Waals surface area (Å²) in [4.78, 5) is 0. The Labute approximate surface area is 75.5 Å². The minimum Gasteiger partial charge on any atom is -0.508 e. The maximum Gasteiger partial charge on any atom is 0.121 e. The van der Waals surface area contributed by atoms with Crippen LogP contribution in [0, 0.1) is 0 Å². The number of rotatable bonds is 0. The molecule has 1 aliphatic heterocycles. The maximum atomic E-state index is 9.47. The van der Waals surface area contributed by atoms with Crippen LogP contribution in [0.4, 0.5) is 5.69 Å². The molecule has 0 fully saturated rings. The number of aromatic hydroxyl groups is 1. The summed E-state index contributed by atoms with van der Waals surface area (Å²) in [6.45, 7) is 0.267. The van der Waals surface area contributed by atoms with Crippen LogP contribution >= 0.6 is 0 Å². The Morgan fingerprint density at radius 1 is 1.38 bits per heavy atom. The molecule has 0 atom stereocenters. The molecule has 1 aromatic rings. The molecule has 4 N–H and O–H groups in total. The van der Waals surface area contributed by atoms with Gasteiger partial charge in [-0.3, -0.25) is 10.3 Å². The first kappa shape index (κ1) is 7.94. The van der Waals surface area contributed by atoms with Crippen molar-refractivity contribution in [3.05, 3.63) is 29.5 Å². The van der Waals surface area contributed by atoms with Gasteiger partial charge in [0.1, 0.15) is 5.75 Å². The lowest BCUT2D eigenvalue weighted by molar-refractivity contribution is -0.0499. The van der Waals surface area contributed by atoms with E-state index in [9.17, 15) is 5.11 Å². The van der Waals surface area contributed by atoms with Crippen LogP contribution in [0.15, 0.2) is 18.3 Å². The summed E-state index contributed by atoms with van der Waals surface area (Å²) in [7, 11) is 0. The first-order valence-corrected chi connectivity index (χ1v) is 3.92. The van der Waals surface area contributed by atoms with Gasteiger partial charge < -0.3 is 10.8 Å². The second-order valence-corrected chi connectivity index (χ2v) is 2.98. The molecule has 0 radical (unpaired) electrons. The van der Waals surface area contributed by atoms with E-state index in [-0.39, 0.29) is 12.3 Å². The molecule has 0 saturated carbocycles. The summed E-state index contributed by atoms with van der Waals surface area (Å²) in [5.74, 6) is 0.160. The van der Waals surface area contributed by atoms with Crippen molar-refractivity contribution < 1.29 is 10.3 Å². The number of phenols is 1. The van der Waals surface area contributed by atoms with E-state index in [0.717, 1.165) is 10.6 Å². The van der Waals surface area contributed by atoms with Gasteiger partial charge in [0.25, 0.3) is 0 Å². The summed E-state index contributed by atoms with van der Waals surface area (Å²) in [5, 5.41) is 19.6. The highest BCUT2D eigenvalue weighted by molar-refractivity contribution is 5.71. The lowest BCUT2D eigenvalue weighted by Crippen LogP contribution is -2.16. The highest BCUT2D eigenvalue weighted by Gasteiger charge is 2.14. The van der Waals surface area contributed by atoms with E-state index in [4.69, 9.17) is 10.9 Å². The summed E-state index contributed by atoms with van der Waals surface area (Å²) >= 11 is 0. The summed E-state index contributed by atoms with van der Waals surface area (Å²) < 4.78 is 0. The summed E-state index contributed by atoms with van der Waals surface area (Å²) in [6.07, 6.45) is 3.19. The van der Waals surface area contributed by atoms with E-state index < -0.39 is 0 Å². The van der Waals surface area contributed by atoms with Gasteiger partial charge in [0.15, 0.2) is 0 Å². The van der Waals surface area contributed by atoms with Crippen LogP contribution in [0.5, 0.6) is 5.75 Å². The second-order valence-electron chi connectivity index (χ2n) is 2.98. The number of fused-ring (bicyclic) bond motifs is 1. The van der Waals surface area contributed by atoms with Crippen LogP contribution in [-0.2, 0) is 6.54 Å². The van der Waals surface area contributed by atoms with Gasteiger partial charge in [0, 0.05) is 23.0 Å². The van der Waals surface area contributed by atoms with Crippen molar-refractivity contribution in [1.29, 1.82) is 0 Å². The van der Waals surface area contributed by atoms with E-state index in [1.165, 1.54) is 12.3 Å². The average molecular weight is 178 g/mol. The minimum absolute atomic E-state index is 0.160. The average Bonchev–Trinajstić information content (AvgIpc) is 2.12. The molecule has 1 heterocycles. The number of nitrogen functional groups attached to an aromatic ring is 1. The molecule has 13 heavy (non-hydrogen) atoms. The maximum absolute atomic E-state index is 9.47. The number of phenolic OH excluding ortho intramolecular Hbond substituents is 1. The Morgan fingerprint density at radius 3 is 2.92 bits per heavy atom. The minimum atomic E-state index is 0.160. The van der Waals surface area contributed by atoms with Crippen molar-refractivity contribution in [2.45, 2.75) is 6.54 Å². The van der Waals surface area contributed by atoms with Crippen LogP contribution in [0.3, 0.4) is 0 Å². The first-order valence-electron chi connectivity index (χ1n) is 3.92. The Hall–Kier alpha value is -1.68. The van der Waals surface area contributed by atoms with Crippen molar-refractivity contribution in [2.75, 3.05) is 5.73 Å². The zero-order valence-electron chi connectivity index (χ0n) is 6.94. The number of hydroxylamine groups is 2. The van der Waals surface area contributed by atoms with Crippen LogP contribution in [0.1, 0.15) is 11.1 Å². The van der Waals surface area contributed by atoms with E-state index in [1.807, 2.05) is 0 Å². The van der Waals surface area contributed by atoms with E-state index >= 15 is 0 Å². The van der Waals surface area contributed by atoms with Gasteiger partial charge >= 0.3 is 0 Å². The van der Waals surface area contributed by atoms with Gasteiger partial charge in [-0.25, -0.2) is 0 Å². The molecule has 0 amide bonds. The Morgan fingerprint density at radius 2 is 2.15 bits per heavy atom. The summed E-state index contributed by atoms with van der Waals surface area (Å²) in [6, 6.07) is 3.17. The fraction of sp³-hybridized carbons (Fsp3) is 0.111. The van der Waals surface area contributed by atoms with Crippen molar-refractivity contribution in [3.8, 4) is 5.75 Å². The molecule has 68 valence electrons. The van der Waals surface area contributed by atoms with Crippen molar-refractivity contribution >= 4 is 11.8 Å². The number of nitrogens with zero attached hydrogens (tertiary/aromatic N) is 1. The zero-order valence-corrected chi connectivity index (χ0v) is 6.94. The highest BCUT2D eigenvalue weighted by Crippen LogP contribution is 2.31. The molecule has 0 unspecified atom stereocenters. The second kappa shape index (κ2) is 2.67. The first-order chi connectivity index (χ1) is 6.18. The Bertz CT molecular complexity index is 374. The standard InChI is InChI=1S/C9H10N2O2/c10-8-1-2-9(12)7-5-11(13)4-3-6(7)8/h1-4,12-13H,5,10H2. The third-order valence-electron chi connectivity index (χ3n) is 2.10. The summed E-state index contributed by atoms with van der Waals surface area (Å²) in [5.41, 5.74) is 7.74. The van der Waals surface area contributed by atoms with Gasteiger partial charge in [0.2, 0.25) is 0 Å². The largest absolute Gasteiger partial charge is 0.508 e. The number of benzene rings is 1. The monoisotopic (exact) mass is 178 g/mol. The van der Waals surface area contributed by atoms with Crippen molar-refractivity contribution in [2.24, 2.45) is 0 Å². The normalized spacial score (nSPS) is 14.4. The molecule has 0 saturated heterocycles. The Balaban J connectivity index is 2.60. The number of hydrogen-bond donors (Lipinski definition) is 3. The quantitative estimate of drug-likeness (QED) is 0.411. The van der Waals surface area contributed by atoms with Crippen LogP contribution in [-0.4, -0.2) is 15.4 Å². The van der Waals surface area contributed by atoms with Crippen LogP contribution < -0.4 is 5.73 Å². The fourth-order valence-electron chi connectivity index (χ4n) is 1.41. The van der Waals surface area contributed by atoms with Crippen molar-refractivity contribution in [1.82, 2.24) is 5.06 Å². The van der Waals surface area contributed by atoms with E-state index in [1.54, 1.807) is 12.1 Å². The van der Waals surface area contributed by atoms with E-state index in [2.05, 4.69) is 0 Å². The van der Waals surface area contributed by atoms with Crippen LogP contribution in [0.2, 0.25) is 0 Å². The van der Waals surface area contributed by atoms with Gasteiger partial charge in [-0.2, -0.15) is 0 Å². The number of nitrogens with two attached hydrogens (primary N) is 1. The molecular formula is C9H10N2O2. The molecule has 0 spiro atoms. The Kier molecular flexibility index (Phi) is 1.63. The fourth-order valence-corrected chi connectivity index (χ4v) is 1.41. The molecule has 0 aromatic heterocycles. The highest BCUT2D eigenvalue weighted by atomic mass is 16.5. The molecule has 4 nitrogen and oxygen atoms in total. The lowest BCUT2D eigenvalue weighted by Gasteiger charge is -2.20. The number of hydrogen-bond acceptors (Lipinski definition) is 4. The molecule has 1 aromatic carbocycles. The predicted octanol–water partition coefficient (Wildman–Crippen LogP) is 1.15. The topological polar surface area (TPSA) is 69.7 Å². The van der Waals surface area contributed by atoms with E-state index in [0.29, 0.717) is 11.3 Å². The van der Waals surface area contributed by atoms with Gasteiger partial charge in [-0.05, 0) is 18.2 Å². The third-order valence-corrected chi connectivity index (χ3v) is 2.10. The van der Waals surface area contributed by atoms with Crippen LogP contribution in [0.25, 0.3) is 6.08 Å². The third kappa shape index (κ3) is 1.21. The lowest BCUT2D eigenvalue weighted by atomic mass is 10.0. The molecule has 0 bridgehead atoms. The molecular weight excluding hydrogens is 168 g/mol. The van der Waals surface area contributed by atoms with Gasteiger partial charge in [0.05, 0.1) is 6.54 Å². The molecule has 4 heteroatoms. The zero-order chi connectivity index (χ0) is 9.42.